The molecule has 1 atom stereocenters. The molecular formula is C15H17N7O10S2. The number of β-lactam (4-membered cyclic amide) rings is 1. The van der Waals surface area contributed by atoms with Gasteiger partial charge in [0.05, 0.1) is 11.7 Å². The van der Waals surface area contributed by atoms with Gasteiger partial charge in [-0.25, -0.2) is 0 Å². The zero-order valence-corrected chi connectivity index (χ0v) is 18.9. The van der Waals surface area contributed by atoms with Gasteiger partial charge >= 0.3 is 10.4 Å². The molecule has 1 fully saturated rings. The van der Waals surface area contributed by atoms with Crippen molar-refractivity contribution >= 4 is 44.6 Å². The minimum atomic E-state index is -4.99. The van der Waals surface area contributed by atoms with Crippen LogP contribution in [0.3, 0.4) is 0 Å². The second-order valence-electron chi connectivity index (χ2n) is 7.22. The van der Waals surface area contributed by atoms with Gasteiger partial charge in [0, 0.05) is 17.6 Å². The molecule has 2 amide bonds. The van der Waals surface area contributed by atoms with E-state index in [1.165, 1.54) is 13.8 Å². The number of anilines is 1. The van der Waals surface area contributed by atoms with Crippen LogP contribution in [0.5, 0.6) is 5.75 Å². The Kier molecular flexibility index (Phi) is 6.46. The van der Waals surface area contributed by atoms with Crippen molar-refractivity contribution in [3.05, 3.63) is 34.0 Å². The number of carbonyl (C=O) groups excluding carboxylic acids is 2. The Morgan fingerprint density at radius 3 is 2.65 bits per heavy atom. The number of hydroxylamine groups is 2. The summed E-state index contributed by atoms with van der Waals surface area (Å²) in [6.07, 6.45) is 0.728. The maximum Gasteiger partial charge on any atom is 0.418 e. The first-order chi connectivity index (χ1) is 15.7. The van der Waals surface area contributed by atoms with Crippen molar-refractivity contribution in [2.75, 3.05) is 5.73 Å². The van der Waals surface area contributed by atoms with Gasteiger partial charge in [0.15, 0.2) is 17.5 Å². The second-order valence-corrected chi connectivity index (χ2v) is 9.01. The SMILES string of the molecule is CC1(C)[C@H](NC(=O)/C(=N\OCc2cc(=O)c(O)cn2O)c2nsc(N)n2)C(=O)N1OS(=O)(=O)O. The average molecular weight is 519 g/mol. The van der Waals surface area contributed by atoms with Crippen LogP contribution >= 0.6 is 11.5 Å². The molecule has 6 N–H and O–H groups in total. The third-order valence-electron chi connectivity index (χ3n) is 4.45. The van der Waals surface area contributed by atoms with Gasteiger partial charge in [0.1, 0.15) is 11.7 Å². The smallest absolute Gasteiger partial charge is 0.418 e. The molecule has 0 radical (unpaired) electrons. The first-order valence-electron chi connectivity index (χ1n) is 8.96. The molecule has 0 unspecified atom stereocenters. The van der Waals surface area contributed by atoms with Gasteiger partial charge in [-0.3, -0.25) is 18.9 Å². The largest absolute Gasteiger partial charge is 0.503 e. The fourth-order valence-corrected chi connectivity index (χ4v) is 3.65. The van der Waals surface area contributed by atoms with E-state index in [1.807, 2.05) is 0 Å². The summed E-state index contributed by atoms with van der Waals surface area (Å²) in [5, 5.41) is 25.3. The van der Waals surface area contributed by atoms with Gasteiger partial charge in [-0.1, -0.05) is 5.16 Å². The first kappa shape index (κ1) is 24.8. The van der Waals surface area contributed by atoms with Crippen molar-refractivity contribution < 1.29 is 42.0 Å². The lowest BCUT2D eigenvalue weighted by Gasteiger charge is -2.50. The van der Waals surface area contributed by atoms with Crippen molar-refractivity contribution in [2.45, 2.75) is 32.0 Å². The number of aromatic hydroxyl groups is 1. The van der Waals surface area contributed by atoms with Gasteiger partial charge in [-0.15, -0.1) is 4.28 Å². The van der Waals surface area contributed by atoms with Gasteiger partial charge in [0.25, 0.3) is 11.8 Å². The molecule has 0 spiro atoms. The third kappa shape index (κ3) is 5.06. The van der Waals surface area contributed by atoms with Crippen LogP contribution in [0.25, 0.3) is 0 Å². The van der Waals surface area contributed by atoms with Crippen LogP contribution < -0.4 is 16.5 Å². The summed E-state index contributed by atoms with van der Waals surface area (Å²) in [7, 11) is -4.99. The number of nitrogen functional groups attached to an aromatic ring is 1. The van der Waals surface area contributed by atoms with E-state index >= 15 is 0 Å². The summed E-state index contributed by atoms with van der Waals surface area (Å²) < 4.78 is 39.1. The molecular weight excluding hydrogens is 502 g/mol. The molecule has 1 aliphatic heterocycles. The van der Waals surface area contributed by atoms with Crippen LogP contribution in [-0.4, -0.2) is 71.5 Å². The Balaban J connectivity index is 1.80. The number of rotatable bonds is 8. The van der Waals surface area contributed by atoms with E-state index in [1.54, 1.807) is 0 Å². The molecule has 34 heavy (non-hydrogen) atoms. The minimum absolute atomic E-state index is 0.0222. The molecule has 1 aliphatic rings. The Bertz CT molecular complexity index is 1330. The van der Waals surface area contributed by atoms with Crippen molar-refractivity contribution in [1.82, 2.24) is 24.5 Å². The molecule has 3 heterocycles. The summed E-state index contributed by atoms with van der Waals surface area (Å²) >= 11 is 0.729. The number of hydrogen-bond donors (Lipinski definition) is 5. The maximum atomic E-state index is 12.8. The van der Waals surface area contributed by atoms with E-state index in [0.717, 1.165) is 23.8 Å². The summed E-state index contributed by atoms with van der Waals surface area (Å²) in [5.74, 6) is -3.00. The highest BCUT2D eigenvalue weighted by Gasteiger charge is 2.58. The maximum absolute atomic E-state index is 12.8. The van der Waals surface area contributed by atoms with Gasteiger partial charge < -0.3 is 26.2 Å². The van der Waals surface area contributed by atoms with E-state index in [4.69, 9.17) is 15.1 Å². The molecule has 2 aromatic heterocycles. The zero-order valence-electron chi connectivity index (χ0n) is 17.3. The minimum Gasteiger partial charge on any atom is -0.503 e. The number of aromatic nitrogens is 3. The fraction of sp³-hybridized carbons (Fsp3) is 0.333. The van der Waals surface area contributed by atoms with Crippen LogP contribution in [0, 0.1) is 0 Å². The molecule has 2 aromatic rings. The van der Waals surface area contributed by atoms with Gasteiger partial charge in [0.2, 0.25) is 17.0 Å². The van der Waals surface area contributed by atoms with E-state index in [9.17, 15) is 33.1 Å². The van der Waals surface area contributed by atoms with E-state index in [2.05, 4.69) is 24.1 Å². The molecule has 0 saturated carbocycles. The molecule has 17 nitrogen and oxygen atoms in total. The lowest BCUT2D eigenvalue weighted by Crippen LogP contribution is -2.76. The highest BCUT2D eigenvalue weighted by atomic mass is 32.3. The van der Waals surface area contributed by atoms with Gasteiger partial charge in [-0.2, -0.15) is 27.6 Å². The van der Waals surface area contributed by atoms with Crippen molar-refractivity contribution in [1.29, 1.82) is 0 Å². The van der Waals surface area contributed by atoms with E-state index in [0.29, 0.717) is 9.79 Å². The summed E-state index contributed by atoms with van der Waals surface area (Å²) in [4.78, 5) is 45.5. The van der Waals surface area contributed by atoms with Crippen LogP contribution in [-0.2, 0) is 35.7 Å². The number of nitrogens with zero attached hydrogens (tertiary/aromatic N) is 5. The van der Waals surface area contributed by atoms with Crippen LogP contribution in [0.1, 0.15) is 25.4 Å². The number of nitrogens with one attached hydrogen (secondary N) is 1. The highest BCUT2D eigenvalue weighted by Crippen LogP contribution is 2.32. The van der Waals surface area contributed by atoms with Crippen molar-refractivity contribution in [2.24, 2.45) is 5.16 Å². The molecule has 0 aliphatic carbocycles. The van der Waals surface area contributed by atoms with Crippen molar-refractivity contribution in [3.63, 3.8) is 0 Å². The number of nitrogens with two attached hydrogens (primary N) is 1. The number of hydrogen-bond acceptors (Lipinski definition) is 14. The first-order valence-corrected chi connectivity index (χ1v) is 11.1. The third-order valence-corrected chi connectivity index (χ3v) is 5.33. The zero-order chi connectivity index (χ0) is 25.4. The van der Waals surface area contributed by atoms with Crippen LogP contribution in [0.4, 0.5) is 5.13 Å². The van der Waals surface area contributed by atoms with Crippen LogP contribution in [0.15, 0.2) is 22.2 Å². The van der Waals surface area contributed by atoms with E-state index < -0.39 is 57.3 Å². The monoisotopic (exact) mass is 519 g/mol. The Labute approximate surface area is 194 Å². The second kappa shape index (κ2) is 8.85. The molecule has 19 heteroatoms. The molecule has 184 valence electrons. The number of carbonyl (C=O) groups is 2. The van der Waals surface area contributed by atoms with Gasteiger partial charge in [-0.05, 0) is 13.8 Å². The average Bonchev–Trinajstić information content (AvgIpc) is 3.16. The molecule has 0 bridgehead atoms. The number of oxime groups is 1. The standard InChI is InChI=1S/C15H17N7O10S2/c1-15(2)10(13(26)22(15)32-34(28,29)30)17-12(25)9(11-18-14(16)33-20-11)19-31-5-6-3-7(23)8(24)4-21(6)27/h3-4,10,24,27H,5H2,1-2H3,(H,17,25)(H2,16,18,20)(H,28,29,30)/b19-9-/t10-/m1/s1. The Morgan fingerprint density at radius 2 is 2.09 bits per heavy atom. The Hall–Kier alpha value is -3.81. The molecule has 1 saturated heterocycles. The Morgan fingerprint density at radius 1 is 1.41 bits per heavy atom. The van der Waals surface area contributed by atoms with E-state index in [-0.39, 0.29) is 16.6 Å². The normalized spacial score (nSPS) is 17.9. The number of pyridine rings is 1. The lowest BCUT2D eigenvalue weighted by atomic mass is 9.84. The van der Waals surface area contributed by atoms with Crippen LogP contribution in [0.2, 0.25) is 0 Å². The summed E-state index contributed by atoms with van der Waals surface area (Å²) in [5.41, 5.74) is 2.65. The quantitative estimate of drug-likeness (QED) is 0.0832. The predicted molar refractivity (Wildman–Crippen MR) is 111 cm³/mol. The highest BCUT2D eigenvalue weighted by molar-refractivity contribution is 7.80. The lowest BCUT2D eigenvalue weighted by molar-refractivity contribution is -0.218. The molecule has 3 rings (SSSR count). The number of amides is 2. The summed E-state index contributed by atoms with van der Waals surface area (Å²) in [6, 6.07) is -0.439. The summed E-state index contributed by atoms with van der Waals surface area (Å²) in [6.45, 7) is 2.16. The fourth-order valence-electron chi connectivity index (χ4n) is 2.76. The molecule has 0 aromatic carbocycles. The van der Waals surface area contributed by atoms with Crippen molar-refractivity contribution in [3.8, 4) is 5.75 Å². The predicted octanol–water partition coefficient (Wildman–Crippen LogP) is -2.01. The topological polar surface area (TPSA) is 249 Å².